The van der Waals surface area contributed by atoms with Crippen molar-refractivity contribution in [1.29, 1.82) is 0 Å². The van der Waals surface area contributed by atoms with E-state index in [-0.39, 0.29) is 0 Å². The van der Waals surface area contributed by atoms with Gasteiger partial charge in [0.2, 0.25) is 0 Å². The molecule has 0 saturated heterocycles. The Balaban J connectivity index is 1.81. The van der Waals surface area contributed by atoms with Gasteiger partial charge < -0.3 is 5.32 Å². The third-order valence-corrected chi connectivity index (χ3v) is 3.30. The molecule has 2 nitrogen and oxygen atoms in total. The van der Waals surface area contributed by atoms with E-state index in [0.29, 0.717) is 0 Å². The third-order valence-electron chi connectivity index (χ3n) is 2.40. The van der Waals surface area contributed by atoms with Gasteiger partial charge in [-0.2, -0.15) is 0 Å². The first-order valence-electron chi connectivity index (χ1n) is 4.51. The van der Waals surface area contributed by atoms with E-state index in [1.165, 1.54) is 17.8 Å². The molecule has 0 radical (unpaired) electrons. The van der Waals surface area contributed by atoms with Crippen molar-refractivity contribution in [2.24, 2.45) is 5.92 Å². The molecule has 0 aliphatic heterocycles. The van der Waals surface area contributed by atoms with Gasteiger partial charge in [-0.05, 0) is 31.3 Å². The molecule has 0 aromatic carbocycles. The van der Waals surface area contributed by atoms with E-state index in [9.17, 15) is 0 Å². The van der Waals surface area contributed by atoms with E-state index in [1.54, 1.807) is 11.3 Å². The minimum atomic E-state index is 0.816. The summed E-state index contributed by atoms with van der Waals surface area (Å²) in [5.74, 6) is 1.70. The minimum absolute atomic E-state index is 0.816. The van der Waals surface area contributed by atoms with Crippen LogP contribution in [0.1, 0.15) is 24.1 Å². The summed E-state index contributed by atoms with van der Waals surface area (Å²) < 4.78 is 0. The smallest absolute Gasteiger partial charge is 0.0794 e. The van der Waals surface area contributed by atoms with Gasteiger partial charge in [0, 0.05) is 11.1 Å². The molecule has 1 saturated carbocycles. The first-order chi connectivity index (χ1) is 5.92. The summed E-state index contributed by atoms with van der Waals surface area (Å²) in [6.07, 6.45) is 3.37. The van der Waals surface area contributed by atoms with Gasteiger partial charge >= 0.3 is 0 Å². The highest BCUT2D eigenvalue weighted by Crippen LogP contribution is 2.48. The SMILES string of the molecule is CCNCC1CC1c1cncs1. The molecule has 1 aromatic rings. The van der Waals surface area contributed by atoms with Crippen molar-refractivity contribution in [3.05, 3.63) is 16.6 Å². The summed E-state index contributed by atoms with van der Waals surface area (Å²) in [6, 6.07) is 0. The maximum Gasteiger partial charge on any atom is 0.0794 e. The number of hydrogen-bond acceptors (Lipinski definition) is 3. The molecule has 0 spiro atoms. The molecule has 1 fully saturated rings. The predicted octanol–water partition coefficient (Wildman–Crippen LogP) is 1.86. The maximum atomic E-state index is 4.10. The molecule has 1 heterocycles. The predicted molar refractivity (Wildman–Crippen MR) is 51.5 cm³/mol. The second-order valence-corrected chi connectivity index (χ2v) is 4.23. The highest BCUT2D eigenvalue weighted by molar-refractivity contribution is 7.09. The number of aromatic nitrogens is 1. The topological polar surface area (TPSA) is 24.9 Å². The van der Waals surface area contributed by atoms with Gasteiger partial charge in [0.15, 0.2) is 0 Å². The van der Waals surface area contributed by atoms with Crippen LogP contribution in [0.4, 0.5) is 0 Å². The minimum Gasteiger partial charge on any atom is -0.317 e. The van der Waals surface area contributed by atoms with Crippen LogP contribution in [0.5, 0.6) is 0 Å². The Labute approximate surface area is 77.0 Å². The summed E-state index contributed by atoms with van der Waals surface area (Å²) >= 11 is 1.79. The summed E-state index contributed by atoms with van der Waals surface area (Å²) in [4.78, 5) is 5.57. The van der Waals surface area contributed by atoms with Crippen LogP contribution in [0, 0.1) is 5.92 Å². The van der Waals surface area contributed by atoms with Crippen molar-refractivity contribution in [3.8, 4) is 0 Å². The van der Waals surface area contributed by atoms with Crippen molar-refractivity contribution in [3.63, 3.8) is 0 Å². The van der Waals surface area contributed by atoms with Crippen molar-refractivity contribution in [2.45, 2.75) is 19.3 Å². The first kappa shape index (κ1) is 8.20. The molecule has 1 N–H and O–H groups in total. The zero-order chi connectivity index (χ0) is 8.39. The van der Waals surface area contributed by atoms with Crippen LogP contribution in [-0.4, -0.2) is 18.1 Å². The average molecular weight is 182 g/mol. The highest BCUT2D eigenvalue weighted by Gasteiger charge is 2.38. The normalized spacial score (nSPS) is 27.4. The fraction of sp³-hybridized carbons (Fsp3) is 0.667. The average Bonchev–Trinajstić information content (AvgIpc) is 2.64. The van der Waals surface area contributed by atoms with Crippen molar-refractivity contribution in [2.75, 3.05) is 13.1 Å². The van der Waals surface area contributed by atoms with E-state index in [2.05, 4.69) is 17.2 Å². The lowest BCUT2D eigenvalue weighted by atomic mass is 10.3. The molecule has 2 rings (SSSR count). The van der Waals surface area contributed by atoms with Gasteiger partial charge in [-0.3, -0.25) is 4.98 Å². The zero-order valence-corrected chi connectivity index (χ0v) is 8.10. The van der Waals surface area contributed by atoms with Gasteiger partial charge in [-0.15, -0.1) is 11.3 Å². The van der Waals surface area contributed by atoms with Crippen LogP contribution in [0.25, 0.3) is 0 Å². The lowest BCUT2D eigenvalue weighted by Crippen LogP contribution is -2.15. The molecule has 3 heteroatoms. The summed E-state index contributed by atoms with van der Waals surface area (Å²) in [5.41, 5.74) is 1.93. The monoisotopic (exact) mass is 182 g/mol. The van der Waals surface area contributed by atoms with E-state index in [4.69, 9.17) is 0 Å². The molecule has 1 aliphatic carbocycles. The Kier molecular flexibility index (Phi) is 2.42. The van der Waals surface area contributed by atoms with Crippen LogP contribution in [-0.2, 0) is 0 Å². The number of nitrogens with one attached hydrogen (secondary N) is 1. The Morgan fingerprint density at radius 1 is 1.75 bits per heavy atom. The highest BCUT2D eigenvalue weighted by atomic mass is 32.1. The molecule has 1 aliphatic rings. The third kappa shape index (κ3) is 1.67. The molecule has 1 aromatic heterocycles. The molecule has 2 unspecified atom stereocenters. The van der Waals surface area contributed by atoms with Crippen LogP contribution in [0.2, 0.25) is 0 Å². The van der Waals surface area contributed by atoms with E-state index in [1.807, 2.05) is 11.7 Å². The van der Waals surface area contributed by atoms with Gasteiger partial charge in [-0.25, -0.2) is 0 Å². The zero-order valence-electron chi connectivity index (χ0n) is 7.29. The largest absolute Gasteiger partial charge is 0.317 e. The van der Waals surface area contributed by atoms with Crippen LogP contribution < -0.4 is 5.32 Å². The van der Waals surface area contributed by atoms with E-state index in [0.717, 1.165) is 18.4 Å². The van der Waals surface area contributed by atoms with Gasteiger partial charge in [-0.1, -0.05) is 6.92 Å². The number of hydrogen-bond donors (Lipinski definition) is 1. The van der Waals surface area contributed by atoms with Crippen molar-refractivity contribution in [1.82, 2.24) is 10.3 Å². The lowest BCUT2D eigenvalue weighted by Gasteiger charge is -1.97. The van der Waals surface area contributed by atoms with Crippen molar-refractivity contribution < 1.29 is 0 Å². The Morgan fingerprint density at radius 2 is 2.67 bits per heavy atom. The standard InChI is InChI=1S/C9H14N2S/c1-2-10-4-7-3-8(7)9-5-11-6-12-9/h5-8,10H,2-4H2,1H3. The second-order valence-electron chi connectivity index (χ2n) is 3.31. The van der Waals surface area contributed by atoms with Gasteiger partial charge in [0.25, 0.3) is 0 Å². The fourth-order valence-electron chi connectivity index (χ4n) is 1.56. The number of rotatable bonds is 4. The Bertz CT molecular complexity index is 233. The van der Waals surface area contributed by atoms with E-state index >= 15 is 0 Å². The number of nitrogens with zero attached hydrogens (tertiary/aromatic N) is 1. The lowest BCUT2D eigenvalue weighted by molar-refractivity contribution is 0.650. The fourth-order valence-corrected chi connectivity index (χ4v) is 2.39. The van der Waals surface area contributed by atoms with Crippen LogP contribution >= 0.6 is 11.3 Å². The van der Waals surface area contributed by atoms with Crippen LogP contribution in [0.15, 0.2) is 11.7 Å². The second kappa shape index (κ2) is 3.54. The van der Waals surface area contributed by atoms with E-state index < -0.39 is 0 Å². The van der Waals surface area contributed by atoms with Crippen molar-refractivity contribution >= 4 is 11.3 Å². The molecule has 66 valence electrons. The summed E-state index contributed by atoms with van der Waals surface area (Å²) in [6.45, 7) is 4.43. The molecule has 2 atom stereocenters. The maximum absolute atomic E-state index is 4.10. The molecular formula is C9H14N2S. The summed E-state index contributed by atoms with van der Waals surface area (Å²) in [5, 5.41) is 3.39. The Hall–Kier alpha value is -0.410. The Morgan fingerprint density at radius 3 is 3.33 bits per heavy atom. The molecular weight excluding hydrogens is 168 g/mol. The molecule has 0 amide bonds. The quantitative estimate of drug-likeness (QED) is 0.768. The molecule has 12 heavy (non-hydrogen) atoms. The molecule has 0 bridgehead atoms. The summed E-state index contributed by atoms with van der Waals surface area (Å²) in [7, 11) is 0. The number of thiazole rings is 1. The van der Waals surface area contributed by atoms with Gasteiger partial charge in [0.1, 0.15) is 0 Å². The van der Waals surface area contributed by atoms with Crippen LogP contribution in [0.3, 0.4) is 0 Å². The first-order valence-corrected chi connectivity index (χ1v) is 5.39. The van der Waals surface area contributed by atoms with Gasteiger partial charge in [0.05, 0.1) is 5.51 Å².